The summed E-state index contributed by atoms with van der Waals surface area (Å²) in [5, 5.41) is 3.80. The van der Waals surface area contributed by atoms with E-state index in [2.05, 4.69) is 32.1 Å². The van der Waals surface area contributed by atoms with Crippen molar-refractivity contribution in [2.24, 2.45) is 5.92 Å². The molecule has 1 saturated heterocycles. The van der Waals surface area contributed by atoms with Crippen LogP contribution in [-0.2, 0) is 6.54 Å². The summed E-state index contributed by atoms with van der Waals surface area (Å²) >= 11 is 0. The van der Waals surface area contributed by atoms with Gasteiger partial charge in [0.25, 0.3) is 5.56 Å². The van der Waals surface area contributed by atoms with Gasteiger partial charge in [0, 0.05) is 38.1 Å². The molecule has 3 aromatic heterocycles. The summed E-state index contributed by atoms with van der Waals surface area (Å²) in [4.78, 5) is 30.4. The van der Waals surface area contributed by atoms with Crippen LogP contribution in [-0.4, -0.2) is 33.0 Å². The predicted molar refractivity (Wildman–Crippen MR) is 102 cm³/mol. The van der Waals surface area contributed by atoms with E-state index in [0.29, 0.717) is 23.3 Å². The van der Waals surface area contributed by atoms with Crippen molar-refractivity contribution in [2.45, 2.75) is 26.3 Å². The molecule has 0 bridgehead atoms. The topological polar surface area (TPSA) is 86.8 Å². The maximum absolute atomic E-state index is 12.3. The molecular weight excluding hydrogens is 328 g/mol. The Morgan fingerprint density at radius 1 is 1.27 bits per heavy atom. The molecule has 2 N–H and O–H groups in total. The minimum absolute atomic E-state index is 0.182. The molecule has 0 unspecified atom stereocenters. The normalized spacial score (nSPS) is 15.3. The van der Waals surface area contributed by atoms with E-state index in [-0.39, 0.29) is 5.56 Å². The van der Waals surface area contributed by atoms with E-state index in [4.69, 9.17) is 4.98 Å². The number of rotatable bonds is 4. The first-order valence-electron chi connectivity index (χ1n) is 8.97. The van der Waals surface area contributed by atoms with Gasteiger partial charge in [0.15, 0.2) is 0 Å². The molecular formula is C19H22N6O. The van der Waals surface area contributed by atoms with Crippen LogP contribution >= 0.6 is 0 Å². The van der Waals surface area contributed by atoms with Gasteiger partial charge in [-0.25, -0.2) is 9.97 Å². The van der Waals surface area contributed by atoms with E-state index >= 15 is 0 Å². The Hall–Kier alpha value is -2.96. The number of pyridine rings is 2. The molecule has 4 heterocycles. The number of H-pyrrole nitrogens is 1. The highest BCUT2D eigenvalue weighted by Crippen LogP contribution is 2.26. The fraction of sp³-hybridized carbons (Fsp3) is 0.368. The van der Waals surface area contributed by atoms with Gasteiger partial charge in [-0.2, -0.15) is 0 Å². The summed E-state index contributed by atoms with van der Waals surface area (Å²) < 4.78 is 0. The van der Waals surface area contributed by atoms with Gasteiger partial charge in [-0.15, -0.1) is 0 Å². The van der Waals surface area contributed by atoms with Crippen molar-refractivity contribution in [1.29, 1.82) is 0 Å². The quantitative estimate of drug-likeness (QED) is 0.752. The average molecular weight is 350 g/mol. The van der Waals surface area contributed by atoms with Crippen molar-refractivity contribution in [2.75, 3.05) is 23.3 Å². The molecule has 1 fully saturated rings. The maximum atomic E-state index is 12.3. The number of nitrogens with zero attached hydrogens (tertiary/aromatic N) is 4. The summed E-state index contributed by atoms with van der Waals surface area (Å²) in [6, 6.07) is 5.79. The lowest BCUT2D eigenvalue weighted by Gasteiger charge is -2.31. The van der Waals surface area contributed by atoms with Gasteiger partial charge in [-0.05, 0) is 36.5 Å². The van der Waals surface area contributed by atoms with Crippen LogP contribution in [0.3, 0.4) is 0 Å². The van der Waals surface area contributed by atoms with E-state index < -0.39 is 0 Å². The monoisotopic (exact) mass is 350 g/mol. The van der Waals surface area contributed by atoms with Crippen LogP contribution in [0.2, 0.25) is 0 Å². The summed E-state index contributed by atoms with van der Waals surface area (Å²) in [5.41, 5.74) is 1.56. The number of anilines is 2. The van der Waals surface area contributed by atoms with Crippen LogP contribution in [0, 0.1) is 5.92 Å². The highest BCUT2D eigenvalue weighted by atomic mass is 16.1. The predicted octanol–water partition coefficient (Wildman–Crippen LogP) is 2.56. The second-order valence-electron chi connectivity index (χ2n) is 6.83. The smallest absolute Gasteiger partial charge is 0.262 e. The van der Waals surface area contributed by atoms with Crippen LogP contribution < -0.4 is 15.8 Å². The molecule has 26 heavy (non-hydrogen) atoms. The first-order valence-corrected chi connectivity index (χ1v) is 8.97. The highest BCUT2D eigenvalue weighted by molar-refractivity contribution is 5.90. The molecule has 1 aliphatic heterocycles. The lowest BCUT2D eigenvalue weighted by molar-refractivity contribution is 0.437. The standard InChI is InChI=1S/C19H22N6O/c1-13-4-8-25(9-5-13)16-10-15-17(19(26)23-12-22-15)18(24-16)21-11-14-2-6-20-7-3-14/h2-3,6-7,10,12-13H,4-5,8-9,11H2,1H3,(H,21,24)(H,22,23,26). The molecule has 4 rings (SSSR count). The van der Waals surface area contributed by atoms with Gasteiger partial charge in [0.1, 0.15) is 17.0 Å². The van der Waals surface area contributed by atoms with Gasteiger partial charge in [-0.1, -0.05) is 6.92 Å². The first-order chi connectivity index (χ1) is 12.7. The largest absolute Gasteiger partial charge is 0.365 e. The Kier molecular flexibility index (Phi) is 4.51. The van der Waals surface area contributed by atoms with Crippen LogP contribution in [0.15, 0.2) is 41.7 Å². The second-order valence-corrected chi connectivity index (χ2v) is 6.83. The molecule has 0 atom stereocenters. The lowest BCUT2D eigenvalue weighted by Crippen LogP contribution is -2.33. The van der Waals surface area contributed by atoms with Crippen LogP contribution in [0.4, 0.5) is 11.6 Å². The lowest BCUT2D eigenvalue weighted by atomic mass is 9.99. The van der Waals surface area contributed by atoms with E-state index in [9.17, 15) is 4.79 Å². The van der Waals surface area contributed by atoms with Crippen LogP contribution in [0.5, 0.6) is 0 Å². The third-order valence-electron chi connectivity index (χ3n) is 4.93. The summed E-state index contributed by atoms with van der Waals surface area (Å²) in [5.74, 6) is 2.19. The minimum atomic E-state index is -0.182. The van der Waals surface area contributed by atoms with Gasteiger partial charge in [0.2, 0.25) is 0 Å². The fourth-order valence-corrected chi connectivity index (χ4v) is 3.29. The molecule has 3 aromatic rings. The van der Waals surface area contributed by atoms with E-state index in [0.717, 1.165) is 43.2 Å². The third-order valence-corrected chi connectivity index (χ3v) is 4.93. The summed E-state index contributed by atoms with van der Waals surface area (Å²) in [6.45, 7) is 4.81. The molecule has 0 amide bonds. The molecule has 7 nitrogen and oxygen atoms in total. The van der Waals surface area contributed by atoms with Gasteiger partial charge in [-0.3, -0.25) is 9.78 Å². The number of hydrogen-bond acceptors (Lipinski definition) is 6. The van der Waals surface area contributed by atoms with Crippen LogP contribution in [0.25, 0.3) is 10.9 Å². The number of fused-ring (bicyclic) bond motifs is 1. The second kappa shape index (κ2) is 7.11. The van der Waals surface area contributed by atoms with E-state index in [1.807, 2.05) is 18.2 Å². The van der Waals surface area contributed by atoms with Crippen molar-refractivity contribution < 1.29 is 0 Å². The van der Waals surface area contributed by atoms with Crippen molar-refractivity contribution in [3.8, 4) is 0 Å². The molecule has 7 heteroatoms. The zero-order chi connectivity index (χ0) is 17.9. The van der Waals surface area contributed by atoms with Crippen LogP contribution in [0.1, 0.15) is 25.3 Å². The molecule has 0 saturated carbocycles. The fourth-order valence-electron chi connectivity index (χ4n) is 3.29. The Balaban J connectivity index is 1.70. The summed E-state index contributed by atoms with van der Waals surface area (Å²) in [7, 11) is 0. The van der Waals surface area contributed by atoms with Gasteiger partial charge >= 0.3 is 0 Å². The average Bonchev–Trinajstić information content (AvgIpc) is 2.67. The van der Waals surface area contributed by atoms with E-state index in [1.165, 1.54) is 6.33 Å². The maximum Gasteiger partial charge on any atom is 0.262 e. The highest BCUT2D eigenvalue weighted by Gasteiger charge is 2.19. The zero-order valence-electron chi connectivity index (χ0n) is 14.8. The molecule has 0 aliphatic carbocycles. The number of aromatic nitrogens is 4. The number of hydrogen-bond donors (Lipinski definition) is 2. The molecule has 134 valence electrons. The Labute approximate surface area is 151 Å². The Morgan fingerprint density at radius 2 is 2.04 bits per heavy atom. The Morgan fingerprint density at radius 3 is 2.81 bits per heavy atom. The minimum Gasteiger partial charge on any atom is -0.365 e. The molecule has 0 radical (unpaired) electrons. The van der Waals surface area contributed by atoms with E-state index in [1.54, 1.807) is 12.4 Å². The van der Waals surface area contributed by atoms with Gasteiger partial charge in [0.05, 0.1) is 11.8 Å². The van der Waals surface area contributed by atoms with Crippen molar-refractivity contribution in [3.63, 3.8) is 0 Å². The van der Waals surface area contributed by atoms with Crippen molar-refractivity contribution in [1.82, 2.24) is 19.9 Å². The molecule has 0 spiro atoms. The van der Waals surface area contributed by atoms with Crippen molar-refractivity contribution in [3.05, 3.63) is 52.8 Å². The number of piperidine rings is 1. The Bertz CT molecular complexity index is 947. The number of aromatic amines is 1. The van der Waals surface area contributed by atoms with Crippen molar-refractivity contribution >= 4 is 22.5 Å². The third kappa shape index (κ3) is 3.37. The first kappa shape index (κ1) is 16.5. The SMILES string of the molecule is CC1CCN(c2cc3nc[nH]c(=O)c3c(NCc3ccncc3)n2)CC1. The summed E-state index contributed by atoms with van der Waals surface area (Å²) in [6.07, 6.45) is 7.26. The number of nitrogens with one attached hydrogen (secondary N) is 2. The molecule has 1 aliphatic rings. The van der Waals surface area contributed by atoms with Gasteiger partial charge < -0.3 is 15.2 Å². The molecule has 0 aromatic carbocycles. The zero-order valence-corrected chi connectivity index (χ0v) is 14.8.